The fraction of sp³-hybridized carbons (Fsp3) is 0.267. The lowest BCUT2D eigenvalue weighted by atomic mass is 10.1. The number of rotatable bonds is 3. The largest absolute Gasteiger partial charge is 0.349 e. The van der Waals surface area contributed by atoms with Gasteiger partial charge < -0.3 is 5.32 Å². The second-order valence-electron chi connectivity index (χ2n) is 5.09. The maximum atomic E-state index is 6.18. The number of benzene rings is 1. The SMILES string of the molecule is Cc1cccc(CNc2nc3nc(C)c(Cl)c(C)n3n2)c1. The molecule has 3 rings (SSSR count). The van der Waals surface area contributed by atoms with Crippen molar-refractivity contribution >= 4 is 23.3 Å². The monoisotopic (exact) mass is 301 g/mol. The van der Waals surface area contributed by atoms with E-state index in [9.17, 15) is 0 Å². The zero-order chi connectivity index (χ0) is 15.0. The molecule has 5 nitrogen and oxygen atoms in total. The van der Waals surface area contributed by atoms with E-state index < -0.39 is 0 Å². The van der Waals surface area contributed by atoms with Gasteiger partial charge in [0.2, 0.25) is 5.95 Å². The smallest absolute Gasteiger partial charge is 0.254 e. The Labute approximate surface area is 128 Å². The van der Waals surface area contributed by atoms with E-state index in [1.165, 1.54) is 11.1 Å². The molecule has 0 aliphatic carbocycles. The van der Waals surface area contributed by atoms with E-state index in [1.807, 2.05) is 19.9 Å². The Balaban J connectivity index is 1.87. The molecule has 0 fully saturated rings. The van der Waals surface area contributed by atoms with E-state index in [-0.39, 0.29) is 0 Å². The van der Waals surface area contributed by atoms with Crippen molar-refractivity contribution in [1.29, 1.82) is 0 Å². The fourth-order valence-electron chi connectivity index (χ4n) is 2.23. The summed E-state index contributed by atoms with van der Waals surface area (Å²) in [6.45, 7) is 6.52. The minimum absolute atomic E-state index is 0.550. The maximum Gasteiger partial charge on any atom is 0.254 e. The molecular formula is C15H16ClN5. The van der Waals surface area contributed by atoms with E-state index in [0.29, 0.717) is 23.3 Å². The van der Waals surface area contributed by atoms with E-state index in [1.54, 1.807) is 4.52 Å². The van der Waals surface area contributed by atoms with Crippen molar-refractivity contribution in [3.8, 4) is 0 Å². The number of nitrogens with one attached hydrogen (secondary N) is 1. The van der Waals surface area contributed by atoms with E-state index in [4.69, 9.17) is 11.6 Å². The Morgan fingerprint density at radius 2 is 2.00 bits per heavy atom. The molecule has 2 aromatic heterocycles. The Bertz CT molecular complexity index is 809. The average Bonchev–Trinajstić information content (AvgIpc) is 2.86. The molecule has 0 radical (unpaired) electrons. The predicted molar refractivity (Wildman–Crippen MR) is 83.8 cm³/mol. The third-order valence-corrected chi connectivity index (χ3v) is 3.89. The number of hydrogen-bond donors (Lipinski definition) is 1. The lowest BCUT2D eigenvalue weighted by Crippen LogP contribution is -2.02. The van der Waals surface area contributed by atoms with Crippen molar-refractivity contribution < 1.29 is 0 Å². The van der Waals surface area contributed by atoms with Crippen LogP contribution in [0.1, 0.15) is 22.5 Å². The van der Waals surface area contributed by atoms with Crippen molar-refractivity contribution in [2.75, 3.05) is 5.32 Å². The molecular weight excluding hydrogens is 286 g/mol. The van der Waals surface area contributed by atoms with Crippen LogP contribution in [0.4, 0.5) is 5.95 Å². The van der Waals surface area contributed by atoms with Crippen LogP contribution < -0.4 is 5.32 Å². The molecule has 0 bridgehead atoms. The molecule has 0 spiro atoms. The molecule has 108 valence electrons. The minimum Gasteiger partial charge on any atom is -0.349 e. The predicted octanol–water partition coefficient (Wildman–Crippen LogP) is 3.32. The van der Waals surface area contributed by atoms with Gasteiger partial charge in [0.25, 0.3) is 5.78 Å². The van der Waals surface area contributed by atoms with Gasteiger partial charge >= 0.3 is 0 Å². The van der Waals surface area contributed by atoms with Gasteiger partial charge in [0.15, 0.2) is 0 Å². The summed E-state index contributed by atoms with van der Waals surface area (Å²) in [5.74, 6) is 1.11. The number of aromatic nitrogens is 4. The molecule has 21 heavy (non-hydrogen) atoms. The number of halogens is 1. The maximum absolute atomic E-state index is 6.18. The second kappa shape index (κ2) is 5.33. The highest BCUT2D eigenvalue weighted by molar-refractivity contribution is 6.31. The first-order chi connectivity index (χ1) is 10.0. The third kappa shape index (κ3) is 2.69. The van der Waals surface area contributed by atoms with Crippen LogP contribution in [0.5, 0.6) is 0 Å². The van der Waals surface area contributed by atoms with Gasteiger partial charge in [-0.25, -0.2) is 4.98 Å². The molecule has 0 aliphatic heterocycles. The van der Waals surface area contributed by atoms with Crippen LogP contribution in [0.25, 0.3) is 5.78 Å². The van der Waals surface area contributed by atoms with Gasteiger partial charge in [-0.2, -0.15) is 9.50 Å². The molecule has 1 N–H and O–H groups in total. The zero-order valence-corrected chi connectivity index (χ0v) is 12.9. The summed E-state index contributed by atoms with van der Waals surface area (Å²) < 4.78 is 1.66. The van der Waals surface area contributed by atoms with Crippen molar-refractivity contribution in [1.82, 2.24) is 19.6 Å². The van der Waals surface area contributed by atoms with Gasteiger partial charge in [0, 0.05) is 6.54 Å². The zero-order valence-electron chi connectivity index (χ0n) is 12.2. The van der Waals surface area contributed by atoms with E-state index in [0.717, 1.165) is 11.4 Å². The Kier molecular flexibility index (Phi) is 3.51. The highest BCUT2D eigenvalue weighted by atomic mass is 35.5. The highest BCUT2D eigenvalue weighted by Crippen LogP contribution is 2.19. The average molecular weight is 302 g/mol. The fourth-order valence-corrected chi connectivity index (χ4v) is 2.36. The van der Waals surface area contributed by atoms with Crippen molar-refractivity contribution in [3.05, 3.63) is 51.8 Å². The van der Waals surface area contributed by atoms with Crippen molar-refractivity contribution in [3.63, 3.8) is 0 Å². The van der Waals surface area contributed by atoms with E-state index >= 15 is 0 Å². The molecule has 1 aromatic carbocycles. The summed E-state index contributed by atoms with van der Waals surface area (Å²) in [7, 11) is 0. The molecule has 0 saturated carbocycles. The van der Waals surface area contributed by atoms with Crippen LogP contribution in [0, 0.1) is 20.8 Å². The summed E-state index contributed by atoms with van der Waals surface area (Å²) in [5.41, 5.74) is 4.03. The minimum atomic E-state index is 0.550. The van der Waals surface area contributed by atoms with Crippen LogP contribution in [0.2, 0.25) is 5.02 Å². The van der Waals surface area contributed by atoms with Crippen molar-refractivity contribution in [2.24, 2.45) is 0 Å². The lowest BCUT2D eigenvalue weighted by molar-refractivity contribution is 0.883. The summed E-state index contributed by atoms with van der Waals surface area (Å²) in [6, 6.07) is 8.32. The van der Waals surface area contributed by atoms with Gasteiger partial charge in [0.1, 0.15) is 0 Å². The normalized spacial score (nSPS) is 11.0. The van der Waals surface area contributed by atoms with Gasteiger partial charge in [-0.05, 0) is 26.3 Å². The topological polar surface area (TPSA) is 55.1 Å². The number of aryl methyl sites for hydroxylation is 3. The quantitative estimate of drug-likeness (QED) is 0.806. The standard InChI is InChI=1S/C15H16ClN5/c1-9-5-4-6-12(7-9)8-17-14-19-15-18-10(2)13(16)11(3)21(15)20-14/h4-7H,8H2,1-3H3,(H,17,20). The molecule has 2 heterocycles. The molecule has 0 atom stereocenters. The van der Waals surface area contributed by atoms with Gasteiger partial charge in [-0.15, -0.1) is 5.10 Å². The number of nitrogens with zero attached hydrogens (tertiary/aromatic N) is 4. The first-order valence-electron chi connectivity index (χ1n) is 6.73. The van der Waals surface area contributed by atoms with Gasteiger partial charge in [0.05, 0.1) is 16.4 Å². The van der Waals surface area contributed by atoms with Gasteiger partial charge in [-0.3, -0.25) is 0 Å². The van der Waals surface area contributed by atoms with Crippen LogP contribution in [-0.4, -0.2) is 19.6 Å². The summed E-state index contributed by atoms with van der Waals surface area (Å²) in [4.78, 5) is 8.73. The Morgan fingerprint density at radius 1 is 1.19 bits per heavy atom. The van der Waals surface area contributed by atoms with E-state index in [2.05, 4.69) is 45.5 Å². The number of fused-ring (bicyclic) bond motifs is 1. The number of hydrogen-bond acceptors (Lipinski definition) is 4. The van der Waals surface area contributed by atoms with Crippen LogP contribution in [0.15, 0.2) is 24.3 Å². The summed E-state index contributed by atoms with van der Waals surface area (Å²) in [5, 5.41) is 8.24. The van der Waals surface area contributed by atoms with Crippen LogP contribution in [-0.2, 0) is 6.54 Å². The molecule has 0 amide bonds. The lowest BCUT2D eigenvalue weighted by Gasteiger charge is -2.03. The molecule has 0 aliphatic rings. The molecule has 3 aromatic rings. The molecule has 6 heteroatoms. The highest BCUT2D eigenvalue weighted by Gasteiger charge is 2.11. The first-order valence-corrected chi connectivity index (χ1v) is 7.11. The molecule has 0 saturated heterocycles. The second-order valence-corrected chi connectivity index (χ2v) is 5.46. The summed E-state index contributed by atoms with van der Waals surface area (Å²) in [6.07, 6.45) is 0. The third-order valence-electron chi connectivity index (χ3n) is 3.34. The number of anilines is 1. The van der Waals surface area contributed by atoms with Crippen LogP contribution in [0.3, 0.4) is 0 Å². The van der Waals surface area contributed by atoms with Gasteiger partial charge in [-0.1, -0.05) is 41.4 Å². The van der Waals surface area contributed by atoms with Crippen molar-refractivity contribution in [2.45, 2.75) is 27.3 Å². The Morgan fingerprint density at radius 3 is 2.76 bits per heavy atom. The molecule has 0 unspecified atom stereocenters. The summed E-state index contributed by atoms with van der Waals surface area (Å²) >= 11 is 6.18. The van der Waals surface area contributed by atoms with Crippen LogP contribution >= 0.6 is 11.6 Å². The first kappa shape index (κ1) is 13.8. The Hall–Kier alpha value is -2.14.